The molecule has 2 aromatic rings. The van der Waals surface area contributed by atoms with Crippen LogP contribution in [0.15, 0.2) is 47.4 Å². The Kier molecular flexibility index (Phi) is 7.35. The Morgan fingerprint density at radius 2 is 1.76 bits per heavy atom. The number of amides is 1. The van der Waals surface area contributed by atoms with Gasteiger partial charge in [0.2, 0.25) is 10.0 Å². The van der Waals surface area contributed by atoms with E-state index in [4.69, 9.17) is 14.6 Å². The number of aryl methyl sites for hydroxylation is 2. The molecule has 156 valence electrons. The number of primary sulfonamides is 1. The van der Waals surface area contributed by atoms with E-state index in [-0.39, 0.29) is 17.9 Å². The molecule has 2 rings (SSSR count). The van der Waals surface area contributed by atoms with E-state index in [9.17, 15) is 18.0 Å². The smallest absolute Gasteiger partial charge is 0.310 e. The summed E-state index contributed by atoms with van der Waals surface area (Å²) in [7, 11) is -3.81. The van der Waals surface area contributed by atoms with Gasteiger partial charge in [-0.05, 0) is 62.2 Å². The molecule has 0 aromatic heterocycles. The van der Waals surface area contributed by atoms with Crippen molar-refractivity contribution in [3.63, 3.8) is 0 Å². The summed E-state index contributed by atoms with van der Waals surface area (Å²) in [5.74, 6) is -0.411. The Balaban J connectivity index is 1.81. The summed E-state index contributed by atoms with van der Waals surface area (Å²) in [6, 6.07) is 11.1. The van der Waals surface area contributed by atoms with E-state index in [1.807, 2.05) is 32.0 Å². The van der Waals surface area contributed by atoms with Gasteiger partial charge in [-0.3, -0.25) is 9.59 Å². The van der Waals surface area contributed by atoms with Crippen LogP contribution in [0.5, 0.6) is 5.75 Å². The van der Waals surface area contributed by atoms with E-state index in [1.54, 1.807) is 0 Å². The summed E-state index contributed by atoms with van der Waals surface area (Å²) in [6.45, 7) is 5.43. The molecule has 0 unspecified atom stereocenters. The fourth-order valence-corrected chi connectivity index (χ4v) is 2.90. The molecule has 1 amide bonds. The largest absolute Gasteiger partial charge is 0.493 e. The number of carbonyl (C=O) groups is 2. The van der Waals surface area contributed by atoms with Crippen LogP contribution in [0.2, 0.25) is 0 Å². The van der Waals surface area contributed by atoms with Crippen LogP contribution in [0.3, 0.4) is 0 Å². The summed E-state index contributed by atoms with van der Waals surface area (Å²) in [4.78, 5) is 24.0. The van der Waals surface area contributed by atoms with Crippen molar-refractivity contribution < 1.29 is 27.5 Å². The SMILES string of the molecule is Cc1ccc(C)c(OCCC(=O)O[C@H](C)C(=O)Nc2ccc(S(N)(=O)=O)cc2)c1. The normalized spacial score (nSPS) is 12.1. The standard InChI is InChI=1S/C20H24N2O6S/c1-13-4-5-14(2)18(12-13)27-11-10-19(23)28-15(3)20(24)22-16-6-8-17(9-7-16)29(21,25)26/h4-9,12,15H,10-11H2,1-3H3,(H,22,24)(H2,21,25,26)/t15-/m1/s1. The Bertz CT molecular complexity index is 987. The topological polar surface area (TPSA) is 125 Å². The van der Waals surface area contributed by atoms with Gasteiger partial charge < -0.3 is 14.8 Å². The zero-order valence-electron chi connectivity index (χ0n) is 16.5. The molecule has 2 aromatic carbocycles. The number of hydrogen-bond donors (Lipinski definition) is 2. The average molecular weight is 420 g/mol. The number of nitrogens with one attached hydrogen (secondary N) is 1. The van der Waals surface area contributed by atoms with E-state index in [0.717, 1.165) is 11.1 Å². The Morgan fingerprint density at radius 1 is 1.10 bits per heavy atom. The minimum absolute atomic E-state index is 0.00589. The van der Waals surface area contributed by atoms with Crippen LogP contribution in [0, 0.1) is 13.8 Å². The maximum Gasteiger partial charge on any atom is 0.310 e. The lowest BCUT2D eigenvalue weighted by atomic mass is 10.1. The zero-order chi connectivity index (χ0) is 21.6. The predicted molar refractivity (Wildman–Crippen MR) is 108 cm³/mol. The van der Waals surface area contributed by atoms with E-state index >= 15 is 0 Å². The van der Waals surface area contributed by atoms with Gasteiger partial charge in [-0.2, -0.15) is 0 Å². The second-order valence-electron chi connectivity index (χ2n) is 6.56. The van der Waals surface area contributed by atoms with E-state index in [2.05, 4.69) is 5.32 Å². The van der Waals surface area contributed by atoms with Crippen LogP contribution in [-0.2, 0) is 24.3 Å². The second-order valence-corrected chi connectivity index (χ2v) is 8.12. The van der Waals surface area contributed by atoms with Crippen molar-refractivity contribution in [2.45, 2.75) is 38.2 Å². The van der Waals surface area contributed by atoms with Gasteiger partial charge in [0.25, 0.3) is 5.91 Å². The number of nitrogens with two attached hydrogens (primary N) is 1. The van der Waals surface area contributed by atoms with Crippen LogP contribution in [-0.4, -0.2) is 33.0 Å². The number of sulfonamides is 1. The van der Waals surface area contributed by atoms with Gasteiger partial charge in [-0.25, -0.2) is 13.6 Å². The third-order valence-electron chi connectivity index (χ3n) is 4.04. The molecule has 0 bridgehead atoms. The number of ether oxygens (including phenoxy) is 2. The number of benzene rings is 2. The number of anilines is 1. The van der Waals surface area contributed by atoms with Gasteiger partial charge in [-0.15, -0.1) is 0 Å². The van der Waals surface area contributed by atoms with Gasteiger partial charge in [0.05, 0.1) is 17.9 Å². The molecule has 8 nitrogen and oxygen atoms in total. The molecule has 29 heavy (non-hydrogen) atoms. The molecular weight excluding hydrogens is 396 g/mol. The Hall–Kier alpha value is -2.91. The molecule has 0 fully saturated rings. The molecule has 0 aliphatic carbocycles. The number of esters is 1. The van der Waals surface area contributed by atoms with Crippen LogP contribution in [0.25, 0.3) is 0 Å². The third-order valence-corrected chi connectivity index (χ3v) is 4.96. The minimum atomic E-state index is -3.81. The lowest BCUT2D eigenvalue weighted by molar-refractivity contribution is -0.153. The van der Waals surface area contributed by atoms with Crippen LogP contribution < -0.4 is 15.2 Å². The molecule has 0 spiro atoms. The lowest BCUT2D eigenvalue weighted by Crippen LogP contribution is -2.30. The molecule has 9 heteroatoms. The van der Waals surface area contributed by atoms with Crippen molar-refractivity contribution in [2.75, 3.05) is 11.9 Å². The van der Waals surface area contributed by atoms with Crippen molar-refractivity contribution in [3.8, 4) is 5.75 Å². The fraction of sp³-hybridized carbons (Fsp3) is 0.300. The average Bonchev–Trinajstić information content (AvgIpc) is 2.64. The van der Waals surface area contributed by atoms with Crippen LogP contribution in [0.1, 0.15) is 24.5 Å². The predicted octanol–water partition coefficient (Wildman–Crippen LogP) is 2.29. The minimum Gasteiger partial charge on any atom is -0.493 e. The van der Waals surface area contributed by atoms with Crippen LogP contribution in [0.4, 0.5) is 5.69 Å². The number of hydrogen-bond acceptors (Lipinski definition) is 6. The Morgan fingerprint density at radius 3 is 2.38 bits per heavy atom. The number of carbonyl (C=O) groups excluding carboxylic acids is 2. The first-order valence-corrected chi connectivity index (χ1v) is 10.4. The second kappa shape index (κ2) is 9.53. The summed E-state index contributed by atoms with van der Waals surface area (Å²) >= 11 is 0. The third kappa shape index (κ3) is 6.88. The molecule has 0 saturated heterocycles. The van der Waals surface area contributed by atoms with Crippen molar-refractivity contribution in [3.05, 3.63) is 53.6 Å². The molecule has 1 atom stereocenters. The first kappa shape index (κ1) is 22.4. The molecule has 0 heterocycles. The van der Waals surface area contributed by atoms with Gasteiger partial charge >= 0.3 is 5.97 Å². The van der Waals surface area contributed by atoms with E-state index in [1.165, 1.54) is 31.2 Å². The van der Waals surface area contributed by atoms with Gasteiger partial charge in [0.1, 0.15) is 5.75 Å². The molecule has 3 N–H and O–H groups in total. The monoisotopic (exact) mass is 420 g/mol. The molecule has 0 aliphatic heterocycles. The van der Waals surface area contributed by atoms with Gasteiger partial charge in [0.15, 0.2) is 6.10 Å². The van der Waals surface area contributed by atoms with Crippen molar-refractivity contribution in [1.29, 1.82) is 0 Å². The number of rotatable bonds is 8. The summed E-state index contributed by atoms with van der Waals surface area (Å²) < 4.78 is 33.2. The summed E-state index contributed by atoms with van der Waals surface area (Å²) in [5.41, 5.74) is 2.37. The van der Waals surface area contributed by atoms with Crippen molar-refractivity contribution in [2.24, 2.45) is 5.14 Å². The molecule has 0 radical (unpaired) electrons. The molecular formula is C20H24N2O6S. The maximum absolute atomic E-state index is 12.1. The molecule has 0 aliphatic rings. The Labute approximate surface area is 170 Å². The van der Waals surface area contributed by atoms with Gasteiger partial charge in [-0.1, -0.05) is 12.1 Å². The van der Waals surface area contributed by atoms with Gasteiger partial charge in [0, 0.05) is 5.69 Å². The zero-order valence-corrected chi connectivity index (χ0v) is 17.3. The lowest BCUT2D eigenvalue weighted by Gasteiger charge is -2.14. The highest BCUT2D eigenvalue weighted by Gasteiger charge is 2.18. The first-order chi connectivity index (χ1) is 13.6. The van der Waals surface area contributed by atoms with Crippen molar-refractivity contribution in [1.82, 2.24) is 0 Å². The maximum atomic E-state index is 12.1. The summed E-state index contributed by atoms with van der Waals surface area (Å²) in [6.07, 6.45) is -1.03. The summed E-state index contributed by atoms with van der Waals surface area (Å²) in [5, 5.41) is 7.56. The fourth-order valence-electron chi connectivity index (χ4n) is 2.39. The van der Waals surface area contributed by atoms with Crippen LogP contribution >= 0.6 is 0 Å². The first-order valence-electron chi connectivity index (χ1n) is 8.89. The van der Waals surface area contributed by atoms with Crippen molar-refractivity contribution >= 4 is 27.6 Å². The highest BCUT2D eigenvalue weighted by atomic mass is 32.2. The quantitative estimate of drug-likeness (QED) is 0.631. The van der Waals surface area contributed by atoms with E-state index in [0.29, 0.717) is 11.4 Å². The highest BCUT2D eigenvalue weighted by Crippen LogP contribution is 2.19. The van der Waals surface area contributed by atoms with E-state index < -0.39 is 28.0 Å². The molecule has 0 saturated carbocycles. The highest BCUT2D eigenvalue weighted by molar-refractivity contribution is 7.89.